The van der Waals surface area contributed by atoms with Crippen LogP contribution in [-0.2, 0) is 16.0 Å². The van der Waals surface area contributed by atoms with Gasteiger partial charge < -0.3 is 20.0 Å². The van der Waals surface area contributed by atoms with Gasteiger partial charge in [-0.05, 0) is 42.2 Å². The monoisotopic (exact) mass is 427 g/mol. The van der Waals surface area contributed by atoms with Crippen molar-refractivity contribution in [1.82, 2.24) is 15.3 Å². The van der Waals surface area contributed by atoms with Crippen molar-refractivity contribution < 1.29 is 28.8 Å². The Labute approximate surface area is 177 Å². The van der Waals surface area contributed by atoms with Crippen molar-refractivity contribution in [3.05, 3.63) is 65.2 Å². The van der Waals surface area contributed by atoms with Crippen LogP contribution in [0, 0.1) is 5.82 Å². The van der Waals surface area contributed by atoms with E-state index in [4.69, 9.17) is 9.62 Å². The van der Waals surface area contributed by atoms with Crippen LogP contribution in [0.25, 0.3) is 10.9 Å². The van der Waals surface area contributed by atoms with Crippen LogP contribution in [0.5, 0.6) is 5.88 Å². The number of rotatable bonds is 6. The number of benzene rings is 1. The number of halogens is 1. The first-order chi connectivity index (χ1) is 15.0. The Hall–Kier alpha value is -3.14. The molecule has 1 fully saturated rings. The summed E-state index contributed by atoms with van der Waals surface area (Å²) in [6, 6.07) is 9.36. The SMILES string of the molecule is COOc1cc(Cc2cc(C(=O)N[C@H]3CCOC[C@@H]3O)nc3c(F)cccc23)ccn1. The van der Waals surface area contributed by atoms with Crippen molar-refractivity contribution in [1.29, 1.82) is 0 Å². The van der Waals surface area contributed by atoms with Crippen LogP contribution in [0.2, 0.25) is 0 Å². The highest BCUT2D eigenvalue weighted by molar-refractivity contribution is 5.96. The quantitative estimate of drug-likeness (QED) is 0.459. The molecular formula is C22H22FN3O5. The van der Waals surface area contributed by atoms with Crippen LogP contribution in [-0.4, -0.2) is 53.5 Å². The molecule has 0 spiro atoms. The Morgan fingerprint density at radius 2 is 2.23 bits per heavy atom. The van der Waals surface area contributed by atoms with Gasteiger partial charge in [0.2, 0.25) is 0 Å². The number of nitrogens with one attached hydrogen (secondary N) is 1. The number of fused-ring (bicyclic) bond motifs is 1. The summed E-state index contributed by atoms with van der Waals surface area (Å²) in [5.74, 6) is -0.705. The summed E-state index contributed by atoms with van der Waals surface area (Å²) in [7, 11) is 1.38. The zero-order valence-corrected chi connectivity index (χ0v) is 16.9. The fourth-order valence-electron chi connectivity index (χ4n) is 3.59. The first kappa shape index (κ1) is 21.1. The van der Waals surface area contributed by atoms with E-state index in [0.717, 1.165) is 11.1 Å². The summed E-state index contributed by atoms with van der Waals surface area (Å²) in [5, 5.41) is 13.4. The molecule has 9 heteroatoms. The van der Waals surface area contributed by atoms with E-state index in [1.807, 2.05) is 0 Å². The Morgan fingerprint density at radius 1 is 1.35 bits per heavy atom. The highest BCUT2D eigenvalue weighted by atomic mass is 19.1. The van der Waals surface area contributed by atoms with Gasteiger partial charge in [0.15, 0.2) is 0 Å². The van der Waals surface area contributed by atoms with Crippen LogP contribution in [0.1, 0.15) is 28.0 Å². The van der Waals surface area contributed by atoms with Crippen LogP contribution in [0.4, 0.5) is 4.39 Å². The van der Waals surface area contributed by atoms with Gasteiger partial charge in [-0.3, -0.25) is 4.79 Å². The number of hydrogen-bond donors (Lipinski definition) is 2. The van der Waals surface area contributed by atoms with Gasteiger partial charge >= 0.3 is 0 Å². The maximum atomic E-state index is 14.5. The van der Waals surface area contributed by atoms with E-state index in [1.54, 1.807) is 36.5 Å². The zero-order valence-electron chi connectivity index (χ0n) is 16.9. The summed E-state index contributed by atoms with van der Waals surface area (Å²) < 4.78 is 19.7. The predicted octanol–water partition coefficient (Wildman–Crippen LogP) is 2.18. The fourth-order valence-corrected chi connectivity index (χ4v) is 3.59. The lowest BCUT2D eigenvalue weighted by Gasteiger charge is -2.28. The number of ether oxygens (including phenoxy) is 1. The molecule has 2 aromatic heterocycles. The number of nitrogens with zero attached hydrogens (tertiary/aromatic N) is 2. The van der Waals surface area contributed by atoms with E-state index in [0.29, 0.717) is 24.8 Å². The van der Waals surface area contributed by atoms with Crippen molar-refractivity contribution in [3.8, 4) is 5.88 Å². The van der Waals surface area contributed by atoms with Gasteiger partial charge in [0.05, 0.1) is 25.9 Å². The second kappa shape index (κ2) is 9.34. The number of aromatic nitrogens is 2. The molecule has 1 saturated heterocycles. The molecule has 31 heavy (non-hydrogen) atoms. The lowest BCUT2D eigenvalue weighted by molar-refractivity contribution is -0.181. The Morgan fingerprint density at radius 3 is 3.03 bits per heavy atom. The van der Waals surface area contributed by atoms with E-state index in [1.165, 1.54) is 13.2 Å². The zero-order chi connectivity index (χ0) is 21.8. The molecule has 0 saturated carbocycles. The molecule has 4 rings (SSSR count). The third kappa shape index (κ3) is 4.79. The summed E-state index contributed by atoms with van der Waals surface area (Å²) in [4.78, 5) is 30.8. The predicted molar refractivity (Wildman–Crippen MR) is 109 cm³/mol. The summed E-state index contributed by atoms with van der Waals surface area (Å²) in [6.07, 6.45) is 1.66. The first-order valence-corrected chi connectivity index (χ1v) is 9.85. The van der Waals surface area contributed by atoms with E-state index in [9.17, 15) is 14.3 Å². The smallest absolute Gasteiger partial charge is 0.270 e. The van der Waals surface area contributed by atoms with Gasteiger partial charge in [-0.15, -0.1) is 0 Å². The fraction of sp³-hybridized carbons (Fsp3) is 0.318. The lowest BCUT2D eigenvalue weighted by atomic mass is 10.00. The Kier molecular flexibility index (Phi) is 6.36. The second-order valence-electron chi connectivity index (χ2n) is 7.24. The Bertz CT molecular complexity index is 1090. The molecule has 1 aromatic carbocycles. The van der Waals surface area contributed by atoms with Crippen LogP contribution >= 0.6 is 0 Å². The summed E-state index contributed by atoms with van der Waals surface area (Å²) in [5.41, 5.74) is 1.75. The maximum absolute atomic E-state index is 14.5. The van der Waals surface area contributed by atoms with Gasteiger partial charge in [0, 0.05) is 24.3 Å². The molecule has 3 aromatic rings. The van der Waals surface area contributed by atoms with E-state index in [-0.39, 0.29) is 23.7 Å². The van der Waals surface area contributed by atoms with Gasteiger partial charge in [-0.1, -0.05) is 12.1 Å². The highest BCUT2D eigenvalue weighted by Crippen LogP contribution is 2.24. The average molecular weight is 427 g/mol. The lowest BCUT2D eigenvalue weighted by Crippen LogP contribution is -2.48. The molecule has 162 valence electrons. The molecule has 1 aliphatic rings. The number of aliphatic hydroxyl groups is 1. The van der Waals surface area contributed by atoms with Crippen molar-refractivity contribution in [2.75, 3.05) is 20.3 Å². The van der Waals surface area contributed by atoms with E-state index >= 15 is 0 Å². The van der Waals surface area contributed by atoms with E-state index in [2.05, 4.69) is 20.2 Å². The number of para-hydroxylation sites is 1. The third-order valence-electron chi connectivity index (χ3n) is 5.11. The molecule has 0 bridgehead atoms. The maximum Gasteiger partial charge on any atom is 0.270 e. The standard InChI is InChI=1S/C22H22FN3O5/c1-29-31-20-10-13(5-7-24-20)9-14-11-18(25-21-15(14)3-2-4-16(21)23)22(28)26-17-6-8-30-12-19(17)27/h2-5,7,10-11,17,19,27H,6,8-9,12H2,1H3,(H,26,28)/t17-,19-/m0/s1. The van der Waals surface area contributed by atoms with Crippen molar-refractivity contribution in [2.24, 2.45) is 0 Å². The molecule has 0 aliphatic carbocycles. The average Bonchev–Trinajstić information content (AvgIpc) is 2.76. The molecule has 3 heterocycles. The molecule has 2 atom stereocenters. The van der Waals surface area contributed by atoms with Crippen LogP contribution < -0.4 is 10.2 Å². The van der Waals surface area contributed by atoms with Crippen molar-refractivity contribution in [3.63, 3.8) is 0 Å². The number of pyridine rings is 2. The molecular weight excluding hydrogens is 405 g/mol. The molecule has 8 nitrogen and oxygen atoms in total. The van der Waals surface area contributed by atoms with Crippen molar-refractivity contribution >= 4 is 16.8 Å². The molecule has 1 aliphatic heterocycles. The molecule has 1 amide bonds. The minimum Gasteiger partial charge on any atom is -0.389 e. The number of amides is 1. The number of aliphatic hydroxyl groups excluding tert-OH is 1. The number of carbonyl (C=O) groups is 1. The summed E-state index contributed by atoms with van der Waals surface area (Å²) >= 11 is 0. The second-order valence-corrected chi connectivity index (χ2v) is 7.24. The molecule has 0 unspecified atom stereocenters. The Balaban J connectivity index is 1.68. The van der Waals surface area contributed by atoms with Gasteiger partial charge in [0.25, 0.3) is 11.8 Å². The minimum absolute atomic E-state index is 0.0775. The largest absolute Gasteiger partial charge is 0.389 e. The van der Waals surface area contributed by atoms with Gasteiger partial charge in [-0.25, -0.2) is 14.4 Å². The van der Waals surface area contributed by atoms with Crippen LogP contribution in [0.15, 0.2) is 42.6 Å². The van der Waals surface area contributed by atoms with Crippen LogP contribution in [0.3, 0.4) is 0 Å². The molecule has 0 radical (unpaired) electrons. The topological polar surface area (TPSA) is 103 Å². The summed E-state index contributed by atoms with van der Waals surface area (Å²) in [6.45, 7) is 0.602. The van der Waals surface area contributed by atoms with Crippen molar-refractivity contribution in [2.45, 2.75) is 25.0 Å². The highest BCUT2D eigenvalue weighted by Gasteiger charge is 2.26. The van der Waals surface area contributed by atoms with E-state index < -0.39 is 23.9 Å². The minimum atomic E-state index is -0.801. The first-order valence-electron chi connectivity index (χ1n) is 9.85. The molecule has 2 N–H and O–H groups in total. The van der Waals surface area contributed by atoms with Gasteiger partial charge in [-0.2, -0.15) is 4.89 Å². The number of hydrogen-bond acceptors (Lipinski definition) is 7. The number of carbonyl (C=O) groups excluding carboxylic acids is 1. The third-order valence-corrected chi connectivity index (χ3v) is 5.11. The van der Waals surface area contributed by atoms with Gasteiger partial charge in [0.1, 0.15) is 17.0 Å². The normalized spacial score (nSPS) is 18.7.